The fourth-order valence-electron chi connectivity index (χ4n) is 1.24. The Morgan fingerprint density at radius 1 is 1.60 bits per heavy atom. The van der Waals surface area contributed by atoms with Gasteiger partial charge in [-0.05, 0) is 12.8 Å². The molecular weight excluding hydrogens is 192 g/mol. The molecule has 15 heavy (non-hydrogen) atoms. The van der Waals surface area contributed by atoms with Crippen molar-refractivity contribution in [3.8, 4) is 0 Å². The second-order valence-electron chi connectivity index (χ2n) is 4.06. The van der Waals surface area contributed by atoms with Gasteiger partial charge in [0.05, 0.1) is 17.4 Å². The van der Waals surface area contributed by atoms with Crippen molar-refractivity contribution in [1.29, 1.82) is 0 Å². The second-order valence-corrected chi connectivity index (χ2v) is 4.06. The maximum absolute atomic E-state index is 11.6. The highest BCUT2D eigenvalue weighted by atomic mass is 16.2. The lowest BCUT2D eigenvalue weighted by molar-refractivity contribution is -0.118. The number of carbonyl (C=O) groups is 1. The van der Waals surface area contributed by atoms with Crippen LogP contribution in [0.4, 0.5) is 5.69 Å². The minimum absolute atomic E-state index is 0.127. The number of nitrogens with zero attached hydrogens (tertiary/aromatic N) is 2. The summed E-state index contributed by atoms with van der Waals surface area (Å²) in [7, 11) is 1.81. The van der Waals surface area contributed by atoms with Gasteiger partial charge in [0, 0.05) is 13.2 Å². The Labute approximate surface area is 89.6 Å². The maximum Gasteiger partial charge on any atom is 0.241 e. The maximum atomic E-state index is 11.6. The zero-order chi connectivity index (χ0) is 11.6. The Balaban J connectivity index is 2.70. The van der Waals surface area contributed by atoms with Gasteiger partial charge in [-0.2, -0.15) is 5.10 Å². The molecular formula is C10H18N4O. The van der Waals surface area contributed by atoms with Crippen LogP contribution in [0, 0.1) is 12.8 Å². The number of nitrogens with one attached hydrogen (secondary N) is 1. The average molecular weight is 210 g/mol. The Hall–Kier alpha value is -1.36. The summed E-state index contributed by atoms with van der Waals surface area (Å²) in [5, 5.41) is 6.89. The lowest BCUT2D eigenvalue weighted by Gasteiger charge is -2.14. The monoisotopic (exact) mass is 210 g/mol. The zero-order valence-electron chi connectivity index (χ0n) is 9.61. The number of amides is 1. The van der Waals surface area contributed by atoms with Crippen LogP contribution in [0.1, 0.15) is 19.5 Å². The van der Waals surface area contributed by atoms with Crippen LogP contribution in [0.2, 0.25) is 0 Å². The van der Waals surface area contributed by atoms with Gasteiger partial charge in [-0.15, -0.1) is 0 Å². The fourth-order valence-corrected chi connectivity index (χ4v) is 1.24. The minimum Gasteiger partial charge on any atom is -0.322 e. The highest BCUT2D eigenvalue weighted by Gasteiger charge is 2.18. The number of anilines is 1. The van der Waals surface area contributed by atoms with E-state index in [2.05, 4.69) is 10.4 Å². The van der Waals surface area contributed by atoms with Gasteiger partial charge >= 0.3 is 0 Å². The van der Waals surface area contributed by atoms with Gasteiger partial charge in [-0.1, -0.05) is 13.8 Å². The van der Waals surface area contributed by atoms with Crippen molar-refractivity contribution < 1.29 is 4.79 Å². The summed E-state index contributed by atoms with van der Waals surface area (Å²) in [6.07, 6.45) is 1.76. The molecule has 0 saturated heterocycles. The molecule has 1 rings (SSSR count). The van der Waals surface area contributed by atoms with Crippen LogP contribution in [0.25, 0.3) is 0 Å². The molecule has 1 amide bonds. The SMILES string of the molecule is Cc1nn(C)cc1NC(=O)C(N)C(C)C. The molecule has 1 aromatic heterocycles. The standard InChI is InChI=1S/C10H18N4O/c1-6(2)9(11)10(15)12-8-5-14(4)13-7(8)3/h5-6,9H,11H2,1-4H3,(H,12,15). The van der Waals surface area contributed by atoms with Crippen molar-refractivity contribution in [2.24, 2.45) is 18.7 Å². The Bertz CT molecular complexity index is 356. The minimum atomic E-state index is -0.482. The third-order valence-corrected chi connectivity index (χ3v) is 2.29. The first-order valence-corrected chi connectivity index (χ1v) is 4.98. The number of aromatic nitrogens is 2. The first-order valence-electron chi connectivity index (χ1n) is 4.98. The topological polar surface area (TPSA) is 72.9 Å². The third-order valence-electron chi connectivity index (χ3n) is 2.29. The van der Waals surface area contributed by atoms with E-state index in [0.717, 1.165) is 11.4 Å². The molecule has 1 heterocycles. The van der Waals surface area contributed by atoms with Crippen LogP contribution in [0.3, 0.4) is 0 Å². The second kappa shape index (κ2) is 4.44. The molecule has 0 aliphatic rings. The predicted octanol–water partition coefficient (Wildman–Crippen LogP) is 0.650. The molecule has 0 saturated carbocycles. The molecule has 0 bridgehead atoms. The summed E-state index contributed by atoms with van der Waals surface area (Å²) in [6, 6.07) is -0.482. The summed E-state index contributed by atoms with van der Waals surface area (Å²) in [5.41, 5.74) is 7.24. The molecule has 0 fully saturated rings. The molecule has 5 nitrogen and oxygen atoms in total. The van der Waals surface area contributed by atoms with Crippen LogP contribution < -0.4 is 11.1 Å². The van der Waals surface area contributed by atoms with Crippen molar-refractivity contribution in [2.45, 2.75) is 26.8 Å². The predicted molar refractivity (Wildman–Crippen MR) is 59.4 cm³/mol. The molecule has 1 unspecified atom stereocenters. The van der Waals surface area contributed by atoms with Crippen LogP contribution in [-0.4, -0.2) is 21.7 Å². The van der Waals surface area contributed by atoms with Gasteiger partial charge in [0.2, 0.25) is 5.91 Å². The van der Waals surface area contributed by atoms with Gasteiger partial charge in [-0.25, -0.2) is 0 Å². The van der Waals surface area contributed by atoms with E-state index < -0.39 is 6.04 Å². The van der Waals surface area contributed by atoms with Crippen molar-refractivity contribution in [3.05, 3.63) is 11.9 Å². The Kier molecular flexibility index (Phi) is 3.47. The number of rotatable bonds is 3. The third kappa shape index (κ3) is 2.79. The summed E-state index contributed by atoms with van der Waals surface area (Å²) in [6.45, 7) is 5.68. The molecule has 1 atom stereocenters. The molecule has 3 N–H and O–H groups in total. The normalized spacial score (nSPS) is 12.9. The Morgan fingerprint density at radius 2 is 2.20 bits per heavy atom. The number of aryl methyl sites for hydroxylation is 2. The lowest BCUT2D eigenvalue weighted by atomic mass is 10.1. The van der Waals surface area contributed by atoms with E-state index in [1.54, 1.807) is 10.9 Å². The molecule has 0 radical (unpaired) electrons. The van der Waals surface area contributed by atoms with Crippen molar-refractivity contribution in [1.82, 2.24) is 9.78 Å². The summed E-state index contributed by atoms with van der Waals surface area (Å²) < 4.78 is 1.66. The summed E-state index contributed by atoms with van der Waals surface area (Å²) in [4.78, 5) is 11.6. The lowest BCUT2D eigenvalue weighted by Crippen LogP contribution is -2.39. The van der Waals surface area contributed by atoms with Gasteiger partial charge in [0.25, 0.3) is 0 Å². The van der Waals surface area contributed by atoms with E-state index in [1.807, 2.05) is 27.8 Å². The highest BCUT2D eigenvalue weighted by Crippen LogP contribution is 2.12. The number of hydrogen-bond donors (Lipinski definition) is 2. The zero-order valence-corrected chi connectivity index (χ0v) is 9.61. The quantitative estimate of drug-likeness (QED) is 0.769. The van der Waals surface area contributed by atoms with Gasteiger partial charge < -0.3 is 11.1 Å². The first-order chi connectivity index (χ1) is 6.91. The number of nitrogens with two attached hydrogens (primary N) is 1. The van der Waals surface area contributed by atoms with Crippen molar-refractivity contribution in [3.63, 3.8) is 0 Å². The van der Waals surface area contributed by atoms with E-state index in [-0.39, 0.29) is 11.8 Å². The van der Waals surface area contributed by atoms with E-state index >= 15 is 0 Å². The fraction of sp³-hybridized carbons (Fsp3) is 0.600. The molecule has 0 spiro atoms. The van der Waals surface area contributed by atoms with E-state index in [4.69, 9.17) is 5.73 Å². The smallest absolute Gasteiger partial charge is 0.241 e. The van der Waals surface area contributed by atoms with Crippen LogP contribution in [-0.2, 0) is 11.8 Å². The van der Waals surface area contributed by atoms with Crippen LogP contribution in [0.15, 0.2) is 6.20 Å². The molecule has 0 aliphatic carbocycles. The largest absolute Gasteiger partial charge is 0.322 e. The number of hydrogen-bond acceptors (Lipinski definition) is 3. The molecule has 5 heteroatoms. The average Bonchev–Trinajstić information content (AvgIpc) is 2.43. The Morgan fingerprint density at radius 3 is 2.60 bits per heavy atom. The molecule has 0 aromatic carbocycles. The molecule has 1 aromatic rings. The van der Waals surface area contributed by atoms with E-state index in [9.17, 15) is 4.79 Å². The summed E-state index contributed by atoms with van der Waals surface area (Å²) in [5.74, 6) is -0.0388. The van der Waals surface area contributed by atoms with Crippen LogP contribution >= 0.6 is 0 Å². The van der Waals surface area contributed by atoms with Gasteiger partial charge in [0.15, 0.2) is 0 Å². The van der Waals surface area contributed by atoms with E-state index in [1.165, 1.54) is 0 Å². The molecule has 0 aliphatic heterocycles. The van der Waals surface area contributed by atoms with Crippen LogP contribution in [0.5, 0.6) is 0 Å². The van der Waals surface area contributed by atoms with E-state index in [0.29, 0.717) is 0 Å². The molecule has 84 valence electrons. The number of carbonyl (C=O) groups excluding carboxylic acids is 1. The first kappa shape index (κ1) is 11.7. The van der Waals surface area contributed by atoms with Gasteiger partial charge in [0.1, 0.15) is 0 Å². The summed E-state index contributed by atoms with van der Waals surface area (Å²) >= 11 is 0. The van der Waals surface area contributed by atoms with Crippen molar-refractivity contribution in [2.75, 3.05) is 5.32 Å². The van der Waals surface area contributed by atoms with Crippen molar-refractivity contribution >= 4 is 11.6 Å². The highest BCUT2D eigenvalue weighted by molar-refractivity contribution is 5.95. The van der Waals surface area contributed by atoms with Gasteiger partial charge in [-0.3, -0.25) is 9.48 Å².